The van der Waals surface area contributed by atoms with E-state index in [2.05, 4.69) is 41.3 Å². The van der Waals surface area contributed by atoms with Gasteiger partial charge in [-0.2, -0.15) is 0 Å². The van der Waals surface area contributed by atoms with Gasteiger partial charge in [0.05, 0.1) is 4.92 Å². The molecule has 2 aromatic carbocycles. The molecule has 4 nitrogen and oxygen atoms in total. The highest BCUT2D eigenvalue weighted by molar-refractivity contribution is 5.65. The molecule has 4 heteroatoms. The molecule has 1 aliphatic heterocycles. The molecule has 24 heavy (non-hydrogen) atoms. The first-order chi connectivity index (χ1) is 11.7. The van der Waals surface area contributed by atoms with Crippen molar-refractivity contribution in [1.29, 1.82) is 0 Å². The third-order valence-corrected chi connectivity index (χ3v) is 5.38. The van der Waals surface area contributed by atoms with Crippen LogP contribution in [0.3, 0.4) is 0 Å². The molecular weight excluding hydrogens is 300 g/mol. The Balaban J connectivity index is 1.42. The zero-order valence-electron chi connectivity index (χ0n) is 13.5. The van der Waals surface area contributed by atoms with Gasteiger partial charge in [-0.15, -0.1) is 0 Å². The lowest BCUT2D eigenvalue weighted by atomic mass is 9.74. The molecule has 1 spiro atoms. The second-order valence-corrected chi connectivity index (χ2v) is 6.78. The maximum absolute atomic E-state index is 10.7. The maximum Gasteiger partial charge on any atom is 0.269 e. The second-order valence-electron chi connectivity index (χ2n) is 6.78. The molecule has 1 heterocycles. The number of hydrogen-bond acceptors (Lipinski definition) is 3. The molecule has 4 rings (SSSR count). The van der Waals surface area contributed by atoms with Crippen molar-refractivity contribution in [2.75, 3.05) is 13.1 Å². The number of nitro groups is 1. The summed E-state index contributed by atoms with van der Waals surface area (Å²) in [6.07, 6.45) is 6.92. The van der Waals surface area contributed by atoms with E-state index in [0.717, 1.165) is 38.0 Å². The predicted molar refractivity (Wildman–Crippen MR) is 94.8 cm³/mol. The van der Waals surface area contributed by atoms with Gasteiger partial charge in [-0.1, -0.05) is 48.6 Å². The molecule has 1 saturated heterocycles. The molecule has 0 radical (unpaired) electrons. The third-order valence-electron chi connectivity index (χ3n) is 5.38. The average Bonchev–Trinajstić information content (AvgIpc) is 2.97. The molecule has 1 fully saturated rings. The van der Waals surface area contributed by atoms with Crippen LogP contribution in [0.4, 0.5) is 5.69 Å². The highest BCUT2D eigenvalue weighted by Crippen LogP contribution is 2.43. The van der Waals surface area contributed by atoms with Crippen molar-refractivity contribution in [3.05, 3.63) is 81.4 Å². The number of allylic oxidation sites excluding steroid dienone is 1. The smallest absolute Gasteiger partial charge is 0.269 e. The van der Waals surface area contributed by atoms with Gasteiger partial charge in [0.2, 0.25) is 0 Å². The first-order valence-corrected chi connectivity index (χ1v) is 8.41. The van der Waals surface area contributed by atoms with Gasteiger partial charge in [-0.25, -0.2) is 0 Å². The van der Waals surface area contributed by atoms with Crippen molar-refractivity contribution in [2.24, 2.45) is 0 Å². The first-order valence-electron chi connectivity index (χ1n) is 8.41. The number of fused-ring (bicyclic) bond motifs is 2. The van der Waals surface area contributed by atoms with E-state index in [1.165, 1.54) is 11.1 Å². The lowest BCUT2D eigenvalue weighted by Gasteiger charge is -2.39. The normalized spacial score (nSPS) is 18.7. The van der Waals surface area contributed by atoms with Gasteiger partial charge >= 0.3 is 0 Å². The van der Waals surface area contributed by atoms with Crippen molar-refractivity contribution in [2.45, 2.75) is 24.8 Å². The van der Waals surface area contributed by atoms with Crippen LogP contribution in [0.2, 0.25) is 0 Å². The number of hydrogen-bond donors (Lipinski definition) is 0. The number of benzene rings is 2. The fourth-order valence-electron chi connectivity index (χ4n) is 3.96. The fourth-order valence-corrected chi connectivity index (χ4v) is 3.96. The lowest BCUT2D eigenvalue weighted by Crippen LogP contribution is -2.40. The lowest BCUT2D eigenvalue weighted by molar-refractivity contribution is -0.384. The van der Waals surface area contributed by atoms with Crippen molar-refractivity contribution in [1.82, 2.24) is 4.90 Å². The number of nitro benzene ring substituents is 1. The van der Waals surface area contributed by atoms with Gasteiger partial charge < -0.3 is 0 Å². The van der Waals surface area contributed by atoms with Crippen molar-refractivity contribution in [3.8, 4) is 0 Å². The summed E-state index contributed by atoms with van der Waals surface area (Å²) in [6, 6.07) is 15.6. The maximum atomic E-state index is 10.7. The Kier molecular flexibility index (Phi) is 3.69. The highest BCUT2D eigenvalue weighted by atomic mass is 16.6. The van der Waals surface area contributed by atoms with Crippen LogP contribution < -0.4 is 0 Å². The number of piperidine rings is 1. The minimum atomic E-state index is -0.349. The van der Waals surface area contributed by atoms with Crippen molar-refractivity contribution >= 4 is 11.8 Å². The van der Waals surface area contributed by atoms with Gasteiger partial charge in [0.15, 0.2) is 0 Å². The van der Waals surface area contributed by atoms with E-state index in [0.29, 0.717) is 0 Å². The molecule has 0 unspecified atom stereocenters. The minimum Gasteiger partial charge on any atom is -0.299 e. The van der Waals surface area contributed by atoms with Gasteiger partial charge in [-0.05, 0) is 42.6 Å². The zero-order chi connectivity index (χ0) is 16.6. The molecular formula is C20H20N2O2. The monoisotopic (exact) mass is 320 g/mol. The van der Waals surface area contributed by atoms with Crippen LogP contribution in [-0.2, 0) is 12.0 Å². The van der Waals surface area contributed by atoms with Crippen LogP contribution in [0.1, 0.15) is 29.5 Å². The Morgan fingerprint density at radius 3 is 2.46 bits per heavy atom. The van der Waals surface area contributed by atoms with E-state index in [-0.39, 0.29) is 16.0 Å². The van der Waals surface area contributed by atoms with E-state index < -0.39 is 0 Å². The number of nitrogens with zero attached hydrogens (tertiary/aromatic N) is 2. The average molecular weight is 320 g/mol. The Morgan fingerprint density at radius 1 is 1.04 bits per heavy atom. The van der Waals surface area contributed by atoms with Crippen LogP contribution >= 0.6 is 0 Å². The van der Waals surface area contributed by atoms with Crippen LogP contribution in [0.25, 0.3) is 6.08 Å². The highest BCUT2D eigenvalue weighted by Gasteiger charge is 2.37. The van der Waals surface area contributed by atoms with Crippen molar-refractivity contribution < 1.29 is 4.92 Å². The quantitative estimate of drug-likeness (QED) is 0.630. The Bertz CT molecular complexity index is 788. The molecule has 2 aliphatic rings. The number of non-ortho nitro benzene ring substituents is 1. The van der Waals surface area contributed by atoms with E-state index in [9.17, 15) is 10.1 Å². The summed E-state index contributed by atoms with van der Waals surface area (Å²) < 4.78 is 0. The minimum absolute atomic E-state index is 0.157. The summed E-state index contributed by atoms with van der Waals surface area (Å²) >= 11 is 0. The van der Waals surface area contributed by atoms with Crippen LogP contribution in [0.5, 0.6) is 0 Å². The molecule has 2 aromatic rings. The second kappa shape index (κ2) is 5.87. The molecule has 122 valence electrons. The summed E-state index contributed by atoms with van der Waals surface area (Å²) in [7, 11) is 0. The van der Waals surface area contributed by atoms with E-state index in [1.807, 2.05) is 12.1 Å². The summed E-state index contributed by atoms with van der Waals surface area (Å²) in [5, 5.41) is 10.7. The molecule has 0 bridgehead atoms. The van der Waals surface area contributed by atoms with Gasteiger partial charge in [0.25, 0.3) is 5.69 Å². The fraction of sp³-hybridized carbons (Fsp3) is 0.300. The largest absolute Gasteiger partial charge is 0.299 e. The molecule has 0 atom stereocenters. The zero-order valence-corrected chi connectivity index (χ0v) is 13.5. The summed E-state index contributed by atoms with van der Waals surface area (Å²) in [5.41, 5.74) is 4.34. The number of rotatable bonds is 3. The van der Waals surface area contributed by atoms with Crippen LogP contribution in [0, 0.1) is 10.1 Å². The van der Waals surface area contributed by atoms with E-state index in [4.69, 9.17) is 0 Å². The Labute approximate surface area is 141 Å². The van der Waals surface area contributed by atoms with Crippen LogP contribution in [-0.4, -0.2) is 22.9 Å². The standard InChI is InChI=1S/C20H20N2O2/c23-22(24)18-7-5-16(6-8-18)15-21-13-11-20(12-14-21)10-9-17-3-1-2-4-19(17)20/h1-10H,11-15H2. The Morgan fingerprint density at radius 2 is 1.75 bits per heavy atom. The van der Waals surface area contributed by atoms with Gasteiger partial charge in [0, 0.05) is 24.1 Å². The van der Waals surface area contributed by atoms with E-state index >= 15 is 0 Å². The molecule has 1 aliphatic carbocycles. The van der Waals surface area contributed by atoms with Crippen LogP contribution in [0.15, 0.2) is 54.6 Å². The molecule has 0 saturated carbocycles. The molecule has 0 aromatic heterocycles. The summed E-state index contributed by atoms with van der Waals surface area (Å²) in [4.78, 5) is 12.8. The summed E-state index contributed by atoms with van der Waals surface area (Å²) in [5.74, 6) is 0. The topological polar surface area (TPSA) is 46.4 Å². The Hall–Kier alpha value is -2.46. The molecule has 0 amide bonds. The van der Waals surface area contributed by atoms with E-state index in [1.54, 1.807) is 12.1 Å². The summed E-state index contributed by atoms with van der Waals surface area (Å²) in [6.45, 7) is 2.96. The van der Waals surface area contributed by atoms with Gasteiger partial charge in [0.1, 0.15) is 0 Å². The SMILES string of the molecule is O=[N+]([O-])c1ccc(CN2CCC3(C=Cc4ccccc43)CC2)cc1. The number of likely N-dealkylation sites (tertiary alicyclic amines) is 1. The van der Waals surface area contributed by atoms with Gasteiger partial charge in [-0.3, -0.25) is 15.0 Å². The third kappa shape index (κ3) is 2.63. The van der Waals surface area contributed by atoms with Crippen molar-refractivity contribution in [3.63, 3.8) is 0 Å². The predicted octanol–water partition coefficient (Wildman–Crippen LogP) is 4.16. The first kappa shape index (κ1) is 15.1. The molecule has 0 N–H and O–H groups in total.